The average Bonchev–Trinajstić information content (AvgIpc) is 2.76. The van der Waals surface area contributed by atoms with Crippen LogP contribution in [0.3, 0.4) is 0 Å². The molecule has 32 heavy (non-hydrogen) atoms. The third kappa shape index (κ3) is 10.1. The average molecular weight is 443 g/mol. The molecule has 4 nitrogen and oxygen atoms in total. The number of carbonyl (C=O) groups excluding carboxylic acids is 2. The molecule has 180 valence electrons. The van der Waals surface area contributed by atoms with Crippen LogP contribution in [0.1, 0.15) is 69.2 Å². The molecule has 0 atom stereocenters. The van der Waals surface area contributed by atoms with Gasteiger partial charge >= 0.3 is 0 Å². The van der Waals surface area contributed by atoms with E-state index in [4.69, 9.17) is 0 Å². The molecule has 2 rings (SSSR count). The second kappa shape index (κ2) is 17.0. The Morgan fingerprint density at radius 2 is 1.06 bits per heavy atom. The standard InChI is InChI=1S/C14H21NO.C12H17NO.2CH4/c1-4-5-11-15(14(16)12(2)3)13-9-7-6-8-10-13;1-4-13(12(14)10(2)3)11-8-6-5-7-9-11;;/h6-10,12H,4-5,11H2,1-3H3;5-10H,4H2,1-3H3;2*1H4. The van der Waals surface area contributed by atoms with Gasteiger partial charge in [0.25, 0.3) is 0 Å². The molecule has 0 aliphatic heterocycles. The van der Waals surface area contributed by atoms with Crippen LogP contribution in [0.4, 0.5) is 11.4 Å². The number of hydrogen-bond acceptors (Lipinski definition) is 2. The summed E-state index contributed by atoms with van der Waals surface area (Å²) in [5, 5.41) is 0. The number of benzene rings is 2. The van der Waals surface area contributed by atoms with Crippen molar-refractivity contribution in [3.8, 4) is 0 Å². The fraction of sp³-hybridized carbons (Fsp3) is 0.500. The van der Waals surface area contributed by atoms with Gasteiger partial charge in [-0.15, -0.1) is 0 Å². The van der Waals surface area contributed by atoms with Crippen LogP contribution in [0.25, 0.3) is 0 Å². The summed E-state index contributed by atoms with van der Waals surface area (Å²) < 4.78 is 0. The molecule has 0 aromatic heterocycles. The van der Waals surface area contributed by atoms with Crippen molar-refractivity contribution in [2.75, 3.05) is 22.9 Å². The SMILES string of the molecule is C.C.CCCCN(C(=O)C(C)C)c1ccccc1.CCN(C(=O)C(C)C)c1ccccc1. The second-order valence-electron chi connectivity index (χ2n) is 7.91. The van der Waals surface area contributed by atoms with Gasteiger partial charge in [0, 0.05) is 36.3 Å². The number of carbonyl (C=O) groups is 2. The van der Waals surface area contributed by atoms with E-state index in [9.17, 15) is 9.59 Å². The first-order valence-corrected chi connectivity index (χ1v) is 11.1. The highest BCUT2D eigenvalue weighted by atomic mass is 16.2. The van der Waals surface area contributed by atoms with Crippen LogP contribution < -0.4 is 9.80 Å². The van der Waals surface area contributed by atoms with Gasteiger partial charge in [0.1, 0.15) is 0 Å². The van der Waals surface area contributed by atoms with E-state index in [1.54, 1.807) is 0 Å². The molecule has 0 fully saturated rings. The van der Waals surface area contributed by atoms with Crippen LogP contribution in [-0.4, -0.2) is 24.9 Å². The highest BCUT2D eigenvalue weighted by Gasteiger charge is 2.18. The number of para-hydroxylation sites is 2. The van der Waals surface area contributed by atoms with Gasteiger partial charge < -0.3 is 9.80 Å². The van der Waals surface area contributed by atoms with E-state index in [0.717, 1.165) is 37.3 Å². The lowest BCUT2D eigenvalue weighted by molar-refractivity contribution is -0.122. The maximum Gasteiger partial charge on any atom is 0.229 e. The van der Waals surface area contributed by atoms with Crippen LogP contribution in [0.15, 0.2) is 60.7 Å². The summed E-state index contributed by atoms with van der Waals surface area (Å²) in [6, 6.07) is 19.7. The molecule has 0 unspecified atom stereocenters. The summed E-state index contributed by atoms with van der Waals surface area (Å²) in [5.74, 6) is 0.491. The molecule has 2 aromatic rings. The molecule has 2 aromatic carbocycles. The predicted octanol–water partition coefficient (Wildman–Crippen LogP) is 7.44. The molecule has 4 heteroatoms. The minimum atomic E-state index is 0. The van der Waals surface area contributed by atoms with Crippen molar-refractivity contribution in [3.05, 3.63) is 60.7 Å². The van der Waals surface area contributed by atoms with Gasteiger partial charge in [0.2, 0.25) is 11.8 Å². The summed E-state index contributed by atoms with van der Waals surface area (Å²) in [5.41, 5.74) is 1.99. The Hall–Kier alpha value is -2.62. The van der Waals surface area contributed by atoms with E-state index < -0.39 is 0 Å². The molecule has 0 saturated heterocycles. The molecular weight excluding hydrogens is 396 g/mol. The fourth-order valence-corrected chi connectivity index (χ4v) is 2.99. The Bertz CT molecular complexity index is 743. The van der Waals surface area contributed by atoms with Crippen LogP contribution >= 0.6 is 0 Å². The maximum atomic E-state index is 12.1. The molecule has 0 heterocycles. The lowest BCUT2D eigenvalue weighted by Crippen LogP contribution is -2.35. The highest BCUT2D eigenvalue weighted by molar-refractivity contribution is 5.95. The summed E-state index contributed by atoms with van der Waals surface area (Å²) in [7, 11) is 0. The quantitative estimate of drug-likeness (QED) is 0.426. The lowest BCUT2D eigenvalue weighted by atomic mass is 10.1. The third-order valence-electron chi connectivity index (χ3n) is 4.71. The zero-order chi connectivity index (χ0) is 22.5. The number of hydrogen-bond donors (Lipinski definition) is 0. The van der Waals surface area contributed by atoms with E-state index in [1.807, 2.05) is 105 Å². The van der Waals surface area contributed by atoms with Crippen LogP contribution in [-0.2, 0) is 9.59 Å². The molecule has 0 aliphatic carbocycles. The van der Waals surface area contributed by atoms with Gasteiger partial charge in [-0.2, -0.15) is 0 Å². The van der Waals surface area contributed by atoms with Crippen molar-refractivity contribution in [2.45, 2.75) is 69.2 Å². The van der Waals surface area contributed by atoms with Crippen LogP contribution in [0, 0.1) is 11.8 Å². The number of rotatable bonds is 8. The summed E-state index contributed by atoms with van der Waals surface area (Å²) in [4.78, 5) is 27.6. The van der Waals surface area contributed by atoms with Crippen molar-refractivity contribution < 1.29 is 9.59 Å². The van der Waals surface area contributed by atoms with Crippen molar-refractivity contribution in [2.24, 2.45) is 11.8 Å². The molecular formula is C28H46N2O2. The maximum absolute atomic E-state index is 12.1. The topological polar surface area (TPSA) is 40.6 Å². The number of anilines is 2. The van der Waals surface area contributed by atoms with Gasteiger partial charge in [-0.25, -0.2) is 0 Å². The molecule has 0 aliphatic rings. The molecule has 0 saturated carbocycles. The van der Waals surface area contributed by atoms with Crippen LogP contribution in [0.5, 0.6) is 0 Å². The smallest absolute Gasteiger partial charge is 0.229 e. The minimum absolute atomic E-state index is 0. The van der Waals surface area contributed by atoms with Gasteiger partial charge in [-0.05, 0) is 37.6 Å². The first-order chi connectivity index (χ1) is 14.3. The normalized spacial score (nSPS) is 9.75. The minimum Gasteiger partial charge on any atom is -0.312 e. The Morgan fingerprint density at radius 1 is 0.688 bits per heavy atom. The predicted molar refractivity (Wildman–Crippen MR) is 141 cm³/mol. The summed E-state index contributed by atoms with van der Waals surface area (Å²) >= 11 is 0. The van der Waals surface area contributed by atoms with Gasteiger partial charge in [-0.1, -0.05) is 92.3 Å². The largest absolute Gasteiger partial charge is 0.312 e. The van der Waals surface area contributed by atoms with Gasteiger partial charge in [-0.3, -0.25) is 9.59 Å². The highest BCUT2D eigenvalue weighted by Crippen LogP contribution is 2.17. The van der Waals surface area contributed by atoms with Crippen LogP contribution in [0.2, 0.25) is 0 Å². The molecule has 0 radical (unpaired) electrons. The molecule has 2 amide bonds. The van der Waals surface area contributed by atoms with E-state index in [-0.39, 0.29) is 38.5 Å². The zero-order valence-corrected chi connectivity index (χ0v) is 19.5. The Labute approximate surface area is 197 Å². The first-order valence-electron chi connectivity index (χ1n) is 11.1. The zero-order valence-electron chi connectivity index (χ0n) is 19.5. The Balaban J connectivity index is 0. The monoisotopic (exact) mass is 442 g/mol. The number of unbranched alkanes of at least 4 members (excludes halogenated alkanes) is 1. The third-order valence-corrected chi connectivity index (χ3v) is 4.71. The summed E-state index contributed by atoms with van der Waals surface area (Å²) in [6.45, 7) is 13.4. The number of amides is 2. The van der Waals surface area contributed by atoms with E-state index >= 15 is 0 Å². The van der Waals surface area contributed by atoms with Gasteiger partial charge in [0.15, 0.2) is 0 Å². The van der Waals surface area contributed by atoms with Crippen molar-refractivity contribution in [1.29, 1.82) is 0 Å². The lowest BCUT2D eigenvalue weighted by Gasteiger charge is -2.24. The van der Waals surface area contributed by atoms with Crippen molar-refractivity contribution >= 4 is 23.2 Å². The van der Waals surface area contributed by atoms with E-state index in [0.29, 0.717) is 0 Å². The molecule has 0 bridgehead atoms. The van der Waals surface area contributed by atoms with E-state index in [1.165, 1.54) is 0 Å². The molecule has 0 N–H and O–H groups in total. The first kappa shape index (κ1) is 31.6. The Kier molecular flexibility index (Phi) is 16.8. The van der Waals surface area contributed by atoms with E-state index in [2.05, 4.69) is 6.92 Å². The molecule has 0 spiro atoms. The van der Waals surface area contributed by atoms with Gasteiger partial charge in [0.05, 0.1) is 0 Å². The fourth-order valence-electron chi connectivity index (χ4n) is 2.99. The summed E-state index contributed by atoms with van der Waals surface area (Å²) in [6.07, 6.45) is 2.15. The Morgan fingerprint density at radius 3 is 1.41 bits per heavy atom. The van der Waals surface area contributed by atoms with Crippen molar-refractivity contribution in [1.82, 2.24) is 0 Å². The number of nitrogens with zero attached hydrogens (tertiary/aromatic N) is 2. The van der Waals surface area contributed by atoms with Crippen molar-refractivity contribution in [3.63, 3.8) is 0 Å². The second-order valence-corrected chi connectivity index (χ2v) is 7.91.